The minimum Gasteiger partial charge on any atom is -0.495 e. The molecule has 2 aromatic rings. The van der Waals surface area contributed by atoms with Crippen molar-refractivity contribution in [3.8, 4) is 5.75 Å². The van der Waals surface area contributed by atoms with Crippen molar-refractivity contribution < 1.29 is 14.6 Å². The molecular formula is C27H42N2O3. The molecule has 0 aliphatic rings. The van der Waals surface area contributed by atoms with Gasteiger partial charge in [-0.05, 0) is 62.3 Å². The van der Waals surface area contributed by atoms with Crippen LogP contribution in [0.3, 0.4) is 0 Å². The van der Waals surface area contributed by atoms with Crippen molar-refractivity contribution in [2.45, 2.75) is 66.3 Å². The standard InChI is InChI=1S/C22H30N2O2.C4H8.CH4O/c1-5-9-17(6-2)24-22(25)20-13-16(12-15(3)14-23)18-10-7-8-11-19(18)21(20)26-4;1-3-4-2;1-2/h7-8,10-11,13-15,17,23H,5-6,9,12H2,1-4H3,(H,24,25);3-4H,1-2H3;2H,1H3/b;4-3+;. The Labute approximate surface area is 194 Å². The number of methoxy groups -OCH3 is 1. The summed E-state index contributed by atoms with van der Waals surface area (Å²) >= 11 is 0. The Morgan fingerprint density at radius 3 is 2.22 bits per heavy atom. The van der Waals surface area contributed by atoms with Gasteiger partial charge in [-0.15, -0.1) is 0 Å². The third kappa shape index (κ3) is 8.83. The van der Waals surface area contributed by atoms with Gasteiger partial charge in [0.05, 0.1) is 12.7 Å². The number of amides is 1. The average molecular weight is 443 g/mol. The summed E-state index contributed by atoms with van der Waals surface area (Å²) in [6, 6.07) is 10.1. The van der Waals surface area contributed by atoms with Crippen LogP contribution in [-0.4, -0.2) is 37.5 Å². The van der Waals surface area contributed by atoms with Crippen LogP contribution in [0.1, 0.15) is 69.8 Å². The minimum absolute atomic E-state index is 0.0864. The fraction of sp³-hybridized carbons (Fsp3) is 0.481. The first kappa shape index (κ1) is 29.3. The summed E-state index contributed by atoms with van der Waals surface area (Å²) < 4.78 is 5.64. The van der Waals surface area contributed by atoms with Crippen LogP contribution in [0.25, 0.3) is 10.8 Å². The number of fused-ring (bicyclic) bond motifs is 1. The van der Waals surface area contributed by atoms with E-state index in [9.17, 15) is 4.79 Å². The van der Waals surface area contributed by atoms with Crippen LogP contribution >= 0.6 is 0 Å². The summed E-state index contributed by atoms with van der Waals surface area (Å²) in [7, 11) is 2.61. The molecule has 0 aliphatic carbocycles. The van der Waals surface area contributed by atoms with E-state index in [1.54, 1.807) is 7.11 Å². The molecule has 5 nitrogen and oxygen atoms in total. The molecule has 2 aromatic carbocycles. The Balaban J connectivity index is 0.00000144. The Morgan fingerprint density at radius 2 is 1.75 bits per heavy atom. The highest BCUT2D eigenvalue weighted by molar-refractivity contribution is 6.05. The summed E-state index contributed by atoms with van der Waals surface area (Å²) in [5, 5.41) is 19.7. The normalized spacial score (nSPS) is 12.1. The first-order valence-corrected chi connectivity index (χ1v) is 11.4. The number of allylic oxidation sites excluding steroid dienone is 2. The first-order chi connectivity index (χ1) is 15.5. The number of benzene rings is 2. The molecule has 5 heteroatoms. The van der Waals surface area contributed by atoms with Gasteiger partial charge in [0.25, 0.3) is 5.91 Å². The molecule has 0 radical (unpaired) electrons. The lowest BCUT2D eigenvalue weighted by Crippen LogP contribution is -2.34. The molecule has 0 fully saturated rings. The highest BCUT2D eigenvalue weighted by Gasteiger charge is 2.20. The second-order valence-corrected chi connectivity index (χ2v) is 7.54. The monoisotopic (exact) mass is 442 g/mol. The van der Waals surface area contributed by atoms with Crippen LogP contribution in [-0.2, 0) is 6.42 Å². The molecule has 3 N–H and O–H groups in total. The first-order valence-electron chi connectivity index (χ1n) is 11.4. The number of aliphatic hydroxyl groups excluding tert-OH is 1. The van der Waals surface area contributed by atoms with Crippen molar-refractivity contribution in [3.63, 3.8) is 0 Å². The Morgan fingerprint density at radius 1 is 1.16 bits per heavy atom. The number of nitrogens with one attached hydrogen (secondary N) is 2. The number of carbonyl (C=O) groups is 1. The predicted octanol–water partition coefficient (Wildman–Crippen LogP) is 6.18. The average Bonchev–Trinajstić information content (AvgIpc) is 2.84. The molecule has 32 heavy (non-hydrogen) atoms. The molecule has 0 aliphatic heterocycles. The van der Waals surface area contributed by atoms with Crippen molar-refractivity contribution >= 4 is 22.9 Å². The van der Waals surface area contributed by atoms with E-state index in [1.807, 2.05) is 57.2 Å². The lowest BCUT2D eigenvalue weighted by Gasteiger charge is -2.20. The molecule has 1 amide bonds. The van der Waals surface area contributed by atoms with Crippen molar-refractivity contribution in [1.82, 2.24) is 5.32 Å². The molecule has 0 heterocycles. The van der Waals surface area contributed by atoms with E-state index in [0.717, 1.165) is 49.1 Å². The Bertz CT molecular complexity index is 842. The molecule has 2 atom stereocenters. The second-order valence-electron chi connectivity index (χ2n) is 7.54. The van der Waals surface area contributed by atoms with Gasteiger partial charge in [0.15, 0.2) is 0 Å². The Hall–Kier alpha value is -2.66. The largest absolute Gasteiger partial charge is 0.495 e. The second kappa shape index (κ2) is 17.0. The number of aliphatic hydroxyl groups is 1. The van der Waals surface area contributed by atoms with E-state index in [-0.39, 0.29) is 17.9 Å². The third-order valence-electron chi connectivity index (χ3n) is 5.15. The quantitative estimate of drug-likeness (QED) is 0.320. The molecule has 0 spiro atoms. The number of carbonyl (C=O) groups excluding carboxylic acids is 1. The van der Waals surface area contributed by atoms with Gasteiger partial charge < -0.3 is 20.6 Å². The summed E-state index contributed by atoms with van der Waals surface area (Å²) in [4.78, 5) is 13.0. The van der Waals surface area contributed by atoms with Gasteiger partial charge in [0.1, 0.15) is 5.75 Å². The van der Waals surface area contributed by atoms with E-state index in [0.29, 0.717) is 11.3 Å². The van der Waals surface area contributed by atoms with Gasteiger partial charge in [0.2, 0.25) is 0 Å². The molecule has 0 saturated carbocycles. The molecule has 2 rings (SSSR count). The maximum atomic E-state index is 13.0. The van der Waals surface area contributed by atoms with Gasteiger partial charge in [-0.25, -0.2) is 0 Å². The topological polar surface area (TPSA) is 82.4 Å². The minimum atomic E-state index is -0.0864. The summed E-state index contributed by atoms with van der Waals surface area (Å²) in [5.41, 5.74) is 1.65. The van der Waals surface area contributed by atoms with E-state index >= 15 is 0 Å². The highest BCUT2D eigenvalue weighted by atomic mass is 16.5. The zero-order chi connectivity index (χ0) is 24.5. The maximum Gasteiger partial charge on any atom is 0.255 e. The SMILES string of the molecule is C/C=C/C.CCCC(CC)NC(=O)c1cc(CC(C)C=N)c2ccccc2c1OC.CO. The predicted molar refractivity (Wildman–Crippen MR) is 137 cm³/mol. The highest BCUT2D eigenvalue weighted by Crippen LogP contribution is 2.33. The van der Waals surface area contributed by atoms with Crippen molar-refractivity contribution in [3.05, 3.63) is 53.6 Å². The van der Waals surface area contributed by atoms with Gasteiger partial charge in [-0.3, -0.25) is 4.79 Å². The molecule has 0 saturated heterocycles. The van der Waals surface area contributed by atoms with E-state index < -0.39 is 0 Å². The van der Waals surface area contributed by atoms with Crippen LogP contribution in [0.2, 0.25) is 0 Å². The van der Waals surface area contributed by atoms with Crippen LogP contribution in [0.4, 0.5) is 0 Å². The summed E-state index contributed by atoms with van der Waals surface area (Å²) in [6.45, 7) is 10.2. The number of hydrogen-bond acceptors (Lipinski definition) is 4. The molecule has 0 aromatic heterocycles. The van der Waals surface area contributed by atoms with Gasteiger partial charge in [0, 0.05) is 18.5 Å². The van der Waals surface area contributed by atoms with Gasteiger partial charge in [-0.1, -0.05) is 63.6 Å². The van der Waals surface area contributed by atoms with Gasteiger partial charge in [-0.2, -0.15) is 0 Å². The van der Waals surface area contributed by atoms with Crippen molar-refractivity contribution in [2.24, 2.45) is 5.92 Å². The van der Waals surface area contributed by atoms with Gasteiger partial charge >= 0.3 is 0 Å². The fourth-order valence-electron chi connectivity index (χ4n) is 3.38. The fourth-order valence-corrected chi connectivity index (χ4v) is 3.38. The Kier molecular flexibility index (Phi) is 15.6. The lowest BCUT2D eigenvalue weighted by atomic mass is 9.93. The molecule has 178 valence electrons. The summed E-state index contributed by atoms with van der Waals surface area (Å²) in [5.74, 6) is 0.651. The van der Waals surface area contributed by atoms with E-state index in [2.05, 4.69) is 25.2 Å². The molecule has 0 bridgehead atoms. The maximum absolute atomic E-state index is 13.0. The van der Waals surface area contributed by atoms with Crippen molar-refractivity contribution in [1.29, 1.82) is 5.41 Å². The zero-order valence-corrected chi connectivity index (χ0v) is 20.9. The summed E-state index contributed by atoms with van der Waals surface area (Å²) in [6.07, 6.45) is 9.09. The number of rotatable bonds is 9. The van der Waals surface area contributed by atoms with Crippen LogP contribution in [0, 0.1) is 11.3 Å². The van der Waals surface area contributed by atoms with Crippen LogP contribution in [0.5, 0.6) is 5.75 Å². The van der Waals surface area contributed by atoms with E-state index in [1.165, 1.54) is 6.21 Å². The zero-order valence-electron chi connectivity index (χ0n) is 20.9. The van der Waals surface area contributed by atoms with Crippen LogP contribution in [0.15, 0.2) is 42.5 Å². The number of ether oxygens (including phenoxy) is 1. The third-order valence-corrected chi connectivity index (χ3v) is 5.15. The number of hydrogen-bond donors (Lipinski definition) is 3. The smallest absolute Gasteiger partial charge is 0.255 e. The van der Waals surface area contributed by atoms with Crippen LogP contribution < -0.4 is 10.1 Å². The van der Waals surface area contributed by atoms with E-state index in [4.69, 9.17) is 15.3 Å². The molecule has 2 unspecified atom stereocenters. The lowest BCUT2D eigenvalue weighted by molar-refractivity contribution is 0.0931. The van der Waals surface area contributed by atoms with Crippen molar-refractivity contribution in [2.75, 3.05) is 14.2 Å². The molecular weight excluding hydrogens is 400 g/mol.